The van der Waals surface area contributed by atoms with E-state index in [-0.39, 0.29) is 17.6 Å². The monoisotopic (exact) mass is 357 g/mol. The van der Waals surface area contributed by atoms with Crippen LogP contribution in [0.2, 0.25) is 0 Å². The normalized spacial score (nSPS) is 28.7. The zero-order chi connectivity index (χ0) is 18.1. The number of piperidine rings is 1. The Kier molecular flexibility index (Phi) is 4.69. The lowest BCUT2D eigenvalue weighted by molar-refractivity contribution is -0.150. The average Bonchev–Trinajstić information content (AvgIpc) is 2.63. The van der Waals surface area contributed by atoms with Crippen molar-refractivity contribution in [2.45, 2.75) is 37.1 Å². The smallest absolute Gasteiger partial charge is 0.133 e. The Morgan fingerprint density at radius 1 is 1.12 bits per heavy atom. The first-order valence-electron chi connectivity index (χ1n) is 9.03. The Morgan fingerprint density at radius 2 is 1.81 bits per heavy atom. The highest BCUT2D eigenvalue weighted by molar-refractivity contribution is 5.40. The summed E-state index contributed by atoms with van der Waals surface area (Å²) >= 11 is 0. The van der Waals surface area contributed by atoms with Crippen molar-refractivity contribution in [3.63, 3.8) is 0 Å². The lowest BCUT2D eigenvalue weighted by Gasteiger charge is -2.52. The van der Waals surface area contributed by atoms with Gasteiger partial charge in [-0.25, -0.2) is 4.39 Å². The molecule has 1 N–H and O–H groups in total. The van der Waals surface area contributed by atoms with Crippen LogP contribution in [0.4, 0.5) is 4.39 Å². The molecule has 0 spiro atoms. The van der Waals surface area contributed by atoms with E-state index in [1.165, 1.54) is 18.7 Å². The number of benzene rings is 2. The van der Waals surface area contributed by atoms with Gasteiger partial charge in [-0.3, -0.25) is 4.90 Å². The minimum absolute atomic E-state index is 0.0389. The van der Waals surface area contributed by atoms with Crippen LogP contribution >= 0.6 is 0 Å². The van der Waals surface area contributed by atoms with Crippen molar-refractivity contribution in [1.82, 2.24) is 4.90 Å². The van der Waals surface area contributed by atoms with Crippen LogP contribution in [0.25, 0.3) is 0 Å². The van der Waals surface area contributed by atoms with Crippen molar-refractivity contribution in [3.05, 3.63) is 65.5 Å². The summed E-state index contributed by atoms with van der Waals surface area (Å²) in [7, 11) is 1.51. The summed E-state index contributed by atoms with van der Waals surface area (Å²) in [6, 6.07) is 15.1. The first kappa shape index (κ1) is 17.5. The Bertz CT molecular complexity index is 753. The zero-order valence-electron chi connectivity index (χ0n) is 14.9. The van der Waals surface area contributed by atoms with E-state index in [1.807, 2.05) is 18.2 Å². The molecule has 5 heteroatoms. The van der Waals surface area contributed by atoms with E-state index in [1.54, 1.807) is 12.1 Å². The van der Waals surface area contributed by atoms with Crippen molar-refractivity contribution in [1.29, 1.82) is 0 Å². The van der Waals surface area contributed by atoms with Gasteiger partial charge >= 0.3 is 0 Å². The third-order valence-electron chi connectivity index (χ3n) is 5.57. The van der Waals surface area contributed by atoms with Gasteiger partial charge < -0.3 is 14.6 Å². The second kappa shape index (κ2) is 6.99. The van der Waals surface area contributed by atoms with Gasteiger partial charge in [0.15, 0.2) is 0 Å². The predicted molar refractivity (Wildman–Crippen MR) is 96.5 cm³/mol. The fourth-order valence-electron chi connectivity index (χ4n) is 4.43. The number of halogens is 1. The molecule has 2 bridgehead atoms. The Balaban J connectivity index is 1.64. The highest BCUT2D eigenvalue weighted by Crippen LogP contribution is 2.45. The fraction of sp³-hybridized carbons (Fsp3) is 0.429. The van der Waals surface area contributed by atoms with Crippen LogP contribution in [-0.2, 0) is 16.9 Å². The summed E-state index contributed by atoms with van der Waals surface area (Å²) in [5, 5.41) is 11.4. The maximum absolute atomic E-state index is 14.6. The summed E-state index contributed by atoms with van der Waals surface area (Å²) in [5.41, 5.74) is 0.264. The molecule has 0 amide bonds. The zero-order valence-corrected chi connectivity index (χ0v) is 14.9. The number of methoxy groups -OCH3 is 1. The van der Waals surface area contributed by atoms with E-state index >= 15 is 0 Å². The lowest BCUT2D eigenvalue weighted by atomic mass is 9.76. The van der Waals surface area contributed by atoms with Crippen LogP contribution in [0, 0.1) is 5.82 Å². The third kappa shape index (κ3) is 3.11. The second-order valence-electron chi connectivity index (χ2n) is 7.26. The second-order valence-corrected chi connectivity index (χ2v) is 7.26. The number of ether oxygens (including phenoxy) is 2. The minimum atomic E-state index is -1.25. The SMILES string of the molecule is COc1cccc(F)c1C1(O)CC2COCC(C1)N2Cc1ccccc1. The van der Waals surface area contributed by atoms with Crippen LogP contribution in [-0.4, -0.2) is 42.4 Å². The van der Waals surface area contributed by atoms with Gasteiger partial charge in [-0.1, -0.05) is 36.4 Å². The lowest BCUT2D eigenvalue weighted by Crippen LogP contribution is -2.60. The van der Waals surface area contributed by atoms with E-state index in [9.17, 15) is 9.50 Å². The predicted octanol–water partition coefficient (Wildman–Crippen LogP) is 3.09. The highest BCUT2D eigenvalue weighted by atomic mass is 19.1. The summed E-state index contributed by atoms with van der Waals surface area (Å²) in [6.07, 6.45) is 0.848. The van der Waals surface area contributed by atoms with E-state index < -0.39 is 11.4 Å². The van der Waals surface area contributed by atoms with Crippen LogP contribution in [0.1, 0.15) is 24.0 Å². The number of hydrogen-bond donors (Lipinski definition) is 1. The fourth-order valence-corrected chi connectivity index (χ4v) is 4.43. The van der Waals surface area contributed by atoms with Gasteiger partial charge in [-0.05, 0) is 30.5 Å². The molecule has 2 fully saturated rings. The van der Waals surface area contributed by atoms with Gasteiger partial charge in [0.2, 0.25) is 0 Å². The number of rotatable bonds is 4. The molecule has 4 nitrogen and oxygen atoms in total. The van der Waals surface area contributed by atoms with Gasteiger partial charge in [0.25, 0.3) is 0 Å². The summed E-state index contributed by atoms with van der Waals surface area (Å²) in [6.45, 7) is 1.90. The molecule has 0 aromatic heterocycles. The van der Waals surface area contributed by atoms with Crippen LogP contribution in [0.3, 0.4) is 0 Å². The molecule has 2 aliphatic heterocycles. The van der Waals surface area contributed by atoms with Crippen molar-refractivity contribution >= 4 is 0 Å². The molecule has 2 aromatic carbocycles. The largest absolute Gasteiger partial charge is 0.496 e. The quantitative estimate of drug-likeness (QED) is 0.913. The van der Waals surface area contributed by atoms with Gasteiger partial charge in [0.1, 0.15) is 11.6 Å². The average molecular weight is 357 g/mol. The van der Waals surface area contributed by atoms with Crippen LogP contribution in [0.15, 0.2) is 48.5 Å². The van der Waals surface area contributed by atoms with Gasteiger partial charge in [-0.2, -0.15) is 0 Å². The van der Waals surface area contributed by atoms with E-state index in [4.69, 9.17) is 9.47 Å². The number of nitrogens with zero attached hydrogens (tertiary/aromatic N) is 1. The number of hydrogen-bond acceptors (Lipinski definition) is 4. The highest BCUT2D eigenvalue weighted by Gasteiger charge is 2.49. The molecule has 2 unspecified atom stereocenters. The summed E-state index contributed by atoms with van der Waals surface area (Å²) in [4.78, 5) is 2.39. The van der Waals surface area contributed by atoms with E-state index in [2.05, 4.69) is 17.0 Å². The standard InChI is InChI=1S/C21H24FNO3/c1-25-19-9-5-8-18(22)20(19)21(24)10-16-13-26-14-17(11-21)23(16)12-15-6-3-2-4-7-15/h2-9,16-17,24H,10-14H2,1H3. The molecular formula is C21H24FNO3. The van der Waals surface area contributed by atoms with E-state index in [0.717, 1.165) is 6.54 Å². The number of aliphatic hydroxyl groups is 1. The van der Waals surface area contributed by atoms with Crippen molar-refractivity contribution in [3.8, 4) is 5.75 Å². The topological polar surface area (TPSA) is 41.9 Å². The molecule has 0 aliphatic carbocycles. The van der Waals surface area contributed by atoms with Crippen molar-refractivity contribution in [2.24, 2.45) is 0 Å². The molecular weight excluding hydrogens is 333 g/mol. The summed E-state index contributed by atoms with van der Waals surface area (Å²) in [5.74, 6) is -0.00893. The van der Waals surface area contributed by atoms with Gasteiger partial charge in [-0.15, -0.1) is 0 Å². The number of morpholine rings is 1. The summed E-state index contributed by atoms with van der Waals surface area (Å²) < 4.78 is 25.7. The number of fused-ring (bicyclic) bond motifs is 2. The van der Waals surface area contributed by atoms with Gasteiger partial charge in [0.05, 0.1) is 31.5 Å². The molecule has 2 aromatic rings. The molecule has 2 atom stereocenters. The molecule has 4 rings (SSSR count). The molecule has 2 saturated heterocycles. The van der Waals surface area contributed by atoms with Crippen LogP contribution < -0.4 is 4.74 Å². The third-order valence-corrected chi connectivity index (χ3v) is 5.57. The molecule has 2 heterocycles. The maximum Gasteiger partial charge on any atom is 0.133 e. The molecule has 0 saturated carbocycles. The maximum atomic E-state index is 14.6. The Morgan fingerprint density at radius 3 is 2.46 bits per heavy atom. The Hall–Kier alpha value is -1.95. The van der Waals surface area contributed by atoms with Crippen molar-refractivity contribution in [2.75, 3.05) is 20.3 Å². The first-order chi connectivity index (χ1) is 12.6. The first-order valence-corrected chi connectivity index (χ1v) is 9.03. The molecule has 2 aliphatic rings. The molecule has 0 radical (unpaired) electrons. The van der Waals surface area contributed by atoms with Crippen LogP contribution in [0.5, 0.6) is 5.75 Å². The van der Waals surface area contributed by atoms with Crippen molar-refractivity contribution < 1.29 is 19.0 Å². The molecule has 26 heavy (non-hydrogen) atoms. The minimum Gasteiger partial charge on any atom is -0.496 e. The van der Waals surface area contributed by atoms with Gasteiger partial charge in [0, 0.05) is 18.6 Å². The van der Waals surface area contributed by atoms with E-state index in [0.29, 0.717) is 31.8 Å². The Labute approximate surface area is 153 Å². The molecule has 138 valence electrons.